The molecule has 4 heteroatoms. The fraction of sp³-hybridized carbons (Fsp3) is 0.533. The van der Waals surface area contributed by atoms with E-state index in [0.717, 1.165) is 36.8 Å². The molecular formula is C15H21BrN2O. The van der Waals surface area contributed by atoms with Crippen LogP contribution in [0.5, 0.6) is 0 Å². The molecule has 0 radical (unpaired) electrons. The summed E-state index contributed by atoms with van der Waals surface area (Å²) < 4.78 is 1.10. The Bertz CT molecular complexity index is 455. The summed E-state index contributed by atoms with van der Waals surface area (Å²) in [5.74, 6) is 0.227. The van der Waals surface area contributed by atoms with Crippen LogP contribution in [0.1, 0.15) is 24.0 Å². The third-order valence-electron chi connectivity index (χ3n) is 3.76. The van der Waals surface area contributed by atoms with Crippen LogP contribution in [0.3, 0.4) is 0 Å². The highest BCUT2D eigenvalue weighted by Gasteiger charge is 2.24. The molecule has 1 heterocycles. The first-order chi connectivity index (χ1) is 9.08. The zero-order valence-corrected chi connectivity index (χ0v) is 13.2. The van der Waals surface area contributed by atoms with Crippen LogP contribution in [0.2, 0.25) is 0 Å². The van der Waals surface area contributed by atoms with Gasteiger partial charge in [-0.1, -0.05) is 22.0 Å². The largest absolute Gasteiger partial charge is 0.344 e. The SMILES string of the molecule is Cc1ccc(Br)cc1CCN(C)C(=O)C1CCCN1. The molecule has 0 spiro atoms. The van der Waals surface area contributed by atoms with Crippen LogP contribution in [0.4, 0.5) is 0 Å². The third kappa shape index (κ3) is 3.80. The molecule has 1 amide bonds. The number of nitrogens with zero attached hydrogens (tertiary/aromatic N) is 1. The molecule has 1 aromatic carbocycles. The molecule has 1 aliphatic heterocycles. The van der Waals surface area contributed by atoms with Gasteiger partial charge in [0.1, 0.15) is 0 Å². The van der Waals surface area contributed by atoms with E-state index in [9.17, 15) is 4.79 Å². The van der Waals surface area contributed by atoms with Crippen LogP contribution in [0.15, 0.2) is 22.7 Å². The normalized spacial score (nSPS) is 18.6. The second-order valence-electron chi connectivity index (χ2n) is 5.23. The summed E-state index contributed by atoms with van der Waals surface area (Å²) in [7, 11) is 1.90. The average molecular weight is 325 g/mol. The molecule has 1 N–H and O–H groups in total. The van der Waals surface area contributed by atoms with Crippen molar-refractivity contribution < 1.29 is 4.79 Å². The van der Waals surface area contributed by atoms with Crippen molar-refractivity contribution in [2.24, 2.45) is 0 Å². The van der Waals surface area contributed by atoms with Crippen LogP contribution >= 0.6 is 15.9 Å². The molecule has 1 unspecified atom stereocenters. The zero-order chi connectivity index (χ0) is 13.8. The lowest BCUT2D eigenvalue weighted by atomic mass is 10.1. The number of amides is 1. The van der Waals surface area contributed by atoms with E-state index in [1.807, 2.05) is 11.9 Å². The molecule has 1 atom stereocenters. The van der Waals surface area contributed by atoms with Gasteiger partial charge in [0.05, 0.1) is 6.04 Å². The minimum Gasteiger partial charge on any atom is -0.344 e. The summed E-state index contributed by atoms with van der Waals surface area (Å²) >= 11 is 3.50. The molecule has 0 saturated carbocycles. The number of hydrogen-bond acceptors (Lipinski definition) is 2. The second-order valence-corrected chi connectivity index (χ2v) is 6.15. The molecule has 2 rings (SSSR count). The summed E-state index contributed by atoms with van der Waals surface area (Å²) in [5, 5.41) is 3.26. The first-order valence-electron chi connectivity index (χ1n) is 6.81. The lowest BCUT2D eigenvalue weighted by molar-refractivity contribution is -0.131. The minimum absolute atomic E-state index is 0.0357. The highest BCUT2D eigenvalue weighted by atomic mass is 79.9. The van der Waals surface area contributed by atoms with E-state index in [2.05, 4.69) is 46.4 Å². The number of hydrogen-bond donors (Lipinski definition) is 1. The van der Waals surface area contributed by atoms with Crippen LogP contribution in [0, 0.1) is 6.92 Å². The quantitative estimate of drug-likeness (QED) is 0.923. The number of aryl methyl sites for hydroxylation is 1. The van der Waals surface area contributed by atoms with Crippen molar-refractivity contribution >= 4 is 21.8 Å². The first kappa shape index (κ1) is 14.5. The fourth-order valence-corrected chi connectivity index (χ4v) is 2.88. The number of halogens is 1. The van der Waals surface area contributed by atoms with E-state index in [0.29, 0.717) is 0 Å². The Labute approximate surface area is 123 Å². The van der Waals surface area contributed by atoms with Crippen LogP contribution in [-0.2, 0) is 11.2 Å². The molecule has 3 nitrogen and oxygen atoms in total. The molecule has 19 heavy (non-hydrogen) atoms. The van der Waals surface area contributed by atoms with E-state index < -0.39 is 0 Å². The molecule has 0 aliphatic carbocycles. The maximum atomic E-state index is 12.2. The number of carbonyl (C=O) groups is 1. The number of likely N-dealkylation sites (N-methyl/N-ethyl adjacent to an activating group) is 1. The highest BCUT2D eigenvalue weighted by molar-refractivity contribution is 9.10. The number of carbonyl (C=O) groups excluding carboxylic acids is 1. The Hall–Kier alpha value is -0.870. The summed E-state index contributed by atoms with van der Waals surface area (Å²) in [4.78, 5) is 14.0. The Balaban J connectivity index is 1.90. The van der Waals surface area contributed by atoms with E-state index >= 15 is 0 Å². The van der Waals surface area contributed by atoms with Gasteiger partial charge >= 0.3 is 0 Å². The van der Waals surface area contributed by atoms with Crippen molar-refractivity contribution in [3.05, 3.63) is 33.8 Å². The van der Waals surface area contributed by atoms with Gasteiger partial charge in [0, 0.05) is 18.1 Å². The van der Waals surface area contributed by atoms with Gasteiger partial charge in [-0.15, -0.1) is 0 Å². The third-order valence-corrected chi connectivity index (χ3v) is 4.26. The van der Waals surface area contributed by atoms with Gasteiger partial charge in [-0.25, -0.2) is 0 Å². The van der Waals surface area contributed by atoms with Gasteiger partial charge in [0.25, 0.3) is 0 Å². The predicted octanol–water partition coefficient (Wildman–Crippen LogP) is 2.51. The van der Waals surface area contributed by atoms with Gasteiger partial charge in [-0.05, 0) is 56.0 Å². The topological polar surface area (TPSA) is 32.3 Å². The maximum Gasteiger partial charge on any atom is 0.239 e. The van der Waals surface area contributed by atoms with Crippen LogP contribution in [-0.4, -0.2) is 37.0 Å². The smallest absolute Gasteiger partial charge is 0.239 e. The maximum absolute atomic E-state index is 12.2. The average Bonchev–Trinajstić information content (AvgIpc) is 2.92. The van der Waals surface area contributed by atoms with Crippen LogP contribution < -0.4 is 5.32 Å². The Kier molecular flexibility index (Phi) is 4.99. The summed E-state index contributed by atoms with van der Waals surface area (Å²) in [5.41, 5.74) is 2.58. The van der Waals surface area contributed by atoms with Gasteiger partial charge in [-0.2, -0.15) is 0 Å². The lowest BCUT2D eigenvalue weighted by Crippen LogP contribution is -2.42. The second kappa shape index (κ2) is 6.53. The monoisotopic (exact) mass is 324 g/mol. The Morgan fingerprint density at radius 1 is 1.53 bits per heavy atom. The Morgan fingerprint density at radius 3 is 3.00 bits per heavy atom. The summed E-state index contributed by atoms with van der Waals surface area (Å²) in [6.07, 6.45) is 2.98. The standard InChI is InChI=1S/C15H21BrN2O/c1-11-5-6-13(16)10-12(11)7-9-18(2)15(19)14-4-3-8-17-14/h5-6,10,14,17H,3-4,7-9H2,1-2H3. The Morgan fingerprint density at radius 2 is 2.32 bits per heavy atom. The van der Waals surface area contributed by atoms with Crippen molar-refractivity contribution in [1.82, 2.24) is 10.2 Å². The highest BCUT2D eigenvalue weighted by Crippen LogP contribution is 2.17. The minimum atomic E-state index is 0.0357. The van der Waals surface area contributed by atoms with E-state index in [-0.39, 0.29) is 11.9 Å². The van der Waals surface area contributed by atoms with Crippen LogP contribution in [0.25, 0.3) is 0 Å². The van der Waals surface area contributed by atoms with E-state index in [1.54, 1.807) is 0 Å². The summed E-state index contributed by atoms with van der Waals surface area (Å²) in [6, 6.07) is 6.34. The lowest BCUT2D eigenvalue weighted by Gasteiger charge is -2.21. The van der Waals surface area contributed by atoms with Gasteiger partial charge in [0.15, 0.2) is 0 Å². The van der Waals surface area contributed by atoms with Gasteiger partial charge in [0.2, 0.25) is 5.91 Å². The molecule has 0 bridgehead atoms. The molecular weight excluding hydrogens is 304 g/mol. The number of rotatable bonds is 4. The van der Waals surface area contributed by atoms with E-state index in [4.69, 9.17) is 0 Å². The molecule has 1 fully saturated rings. The molecule has 0 aromatic heterocycles. The first-order valence-corrected chi connectivity index (χ1v) is 7.60. The molecule has 104 valence electrons. The molecule has 1 aliphatic rings. The number of benzene rings is 1. The van der Waals surface area contributed by atoms with Gasteiger partial charge < -0.3 is 10.2 Å². The fourth-order valence-electron chi connectivity index (χ4n) is 2.47. The van der Waals surface area contributed by atoms with Crippen molar-refractivity contribution in [1.29, 1.82) is 0 Å². The zero-order valence-electron chi connectivity index (χ0n) is 11.6. The van der Waals surface area contributed by atoms with Crippen molar-refractivity contribution in [2.75, 3.05) is 20.1 Å². The van der Waals surface area contributed by atoms with E-state index in [1.165, 1.54) is 11.1 Å². The van der Waals surface area contributed by atoms with Crippen molar-refractivity contribution in [2.45, 2.75) is 32.2 Å². The summed E-state index contributed by atoms with van der Waals surface area (Å²) in [6.45, 7) is 3.85. The van der Waals surface area contributed by atoms with Gasteiger partial charge in [-0.3, -0.25) is 4.79 Å². The predicted molar refractivity (Wildman–Crippen MR) is 81.2 cm³/mol. The van der Waals surface area contributed by atoms with Crippen molar-refractivity contribution in [3.63, 3.8) is 0 Å². The van der Waals surface area contributed by atoms with Crippen molar-refractivity contribution in [3.8, 4) is 0 Å². The number of nitrogens with one attached hydrogen (secondary N) is 1. The molecule has 1 aromatic rings. The molecule has 1 saturated heterocycles.